The van der Waals surface area contributed by atoms with Crippen molar-refractivity contribution in [3.63, 3.8) is 0 Å². The predicted octanol–water partition coefficient (Wildman–Crippen LogP) is 11.5. The number of carbonyl (C=O) groups excluding carboxylic acids is 1. The quantitative estimate of drug-likeness (QED) is 0.140. The molecule has 366 valence electrons. The fourth-order valence-corrected chi connectivity index (χ4v) is 10.5. The van der Waals surface area contributed by atoms with Crippen LogP contribution in [-0.2, 0) is 6.54 Å². The van der Waals surface area contributed by atoms with Gasteiger partial charge in [0, 0.05) is 76.9 Å². The second-order valence-corrected chi connectivity index (χ2v) is 21.8. The molecule has 0 unspecified atom stereocenters. The van der Waals surface area contributed by atoms with Crippen LogP contribution < -0.4 is 24.6 Å². The maximum Gasteiger partial charge on any atom is 0.150 e. The molecule has 4 heterocycles. The van der Waals surface area contributed by atoms with Gasteiger partial charge in [-0.3, -0.25) is 9.69 Å². The van der Waals surface area contributed by atoms with Crippen LogP contribution in [0.2, 0.25) is 0 Å². The second-order valence-electron chi connectivity index (χ2n) is 21.8. The van der Waals surface area contributed by atoms with Gasteiger partial charge in [0.05, 0.1) is 12.2 Å². The molecule has 4 fully saturated rings. The first-order valence-electron chi connectivity index (χ1n) is 25.7. The van der Waals surface area contributed by atoms with Gasteiger partial charge >= 0.3 is 0 Å². The summed E-state index contributed by atoms with van der Waals surface area (Å²) in [4.78, 5) is 34.5. The minimum absolute atomic E-state index is 0.334. The minimum atomic E-state index is 0.334. The number of hydrogen-bond donors (Lipinski definition) is 1. The number of benzene rings is 4. The molecule has 2 aliphatic carbocycles. The third-order valence-corrected chi connectivity index (χ3v) is 14.9. The first-order valence-corrected chi connectivity index (χ1v) is 25.7. The molecule has 0 bridgehead atoms. The Morgan fingerprint density at radius 2 is 1.01 bits per heavy atom. The Balaban J connectivity index is 0.000000157. The molecular formula is C58H76N8O3. The van der Waals surface area contributed by atoms with E-state index in [0.29, 0.717) is 28.6 Å². The standard InChI is InChI=1S/C29H38N4O.C21H26O2.C8H12N4/c1-29(2,3)25-7-10-26(11-8-25)34-27-9-6-23-18-22(4-5-24(23)19-27)20-32-14-16-33(17-15-32)28-12-13-30-21-31-28;1-21(2,3)18-7-10-19(11-8-18)23-20-9-6-16-12-15(14-22)4-5-17(16)13-20;1-2-10-7-11-8(1)12-5-3-9-4-6-12/h4-6,9,12-13,18-19,21,25-26H,7-8,10-11,14-17,20H2,1-3H3;4-6,9,12-14,18-19H,7-8,10-11H2,1-3H3;1-2,7,9H,3-6H2. The van der Waals surface area contributed by atoms with Crippen molar-refractivity contribution >= 4 is 39.5 Å². The van der Waals surface area contributed by atoms with Gasteiger partial charge in [0.25, 0.3) is 0 Å². The maximum atomic E-state index is 10.9. The number of nitrogens with zero attached hydrogens (tertiary/aromatic N) is 7. The monoisotopic (exact) mass is 933 g/mol. The summed E-state index contributed by atoms with van der Waals surface area (Å²) in [5.74, 6) is 5.64. The van der Waals surface area contributed by atoms with Crippen LogP contribution in [0.1, 0.15) is 109 Å². The van der Waals surface area contributed by atoms with E-state index in [-0.39, 0.29) is 0 Å². The Bertz CT molecular complexity index is 2510. The Labute approximate surface area is 411 Å². The molecule has 0 spiro atoms. The topological polar surface area (TPSA) is 109 Å². The number of nitrogens with one attached hydrogen (secondary N) is 1. The summed E-state index contributed by atoms with van der Waals surface area (Å²) in [6.07, 6.45) is 18.1. The van der Waals surface area contributed by atoms with Crippen LogP contribution >= 0.6 is 0 Å². The molecule has 11 heteroatoms. The van der Waals surface area contributed by atoms with Crippen molar-refractivity contribution in [2.45, 2.75) is 112 Å². The van der Waals surface area contributed by atoms with E-state index < -0.39 is 0 Å². The van der Waals surface area contributed by atoms with Crippen molar-refractivity contribution in [1.29, 1.82) is 0 Å². The van der Waals surface area contributed by atoms with Crippen LogP contribution in [0.25, 0.3) is 21.5 Å². The highest BCUT2D eigenvalue weighted by atomic mass is 16.5. The van der Waals surface area contributed by atoms with E-state index in [1.54, 1.807) is 18.9 Å². The lowest BCUT2D eigenvalue weighted by atomic mass is 9.72. The number of aromatic nitrogens is 4. The fourth-order valence-electron chi connectivity index (χ4n) is 10.5. The van der Waals surface area contributed by atoms with Crippen LogP contribution in [-0.4, -0.2) is 95.7 Å². The Morgan fingerprint density at radius 3 is 1.49 bits per heavy atom. The van der Waals surface area contributed by atoms with E-state index >= 15 is 0 Å². The molecule has 2 aromatic heterocycles. The number of aldehydes is 1. The number of fused-ring (bicyclic) bond motifs is 2. The molecule has 2 saturated heterocycles. The molecule has 0 radical (unpaired) electrons. The third kappa shape index (κ3) is 14.2. The number of hydrogen-bond acceptors (Lipinski definition) is 11. The number of anilines is 2. The molecule has 2 aliphatic heterocycles. The molecule has 0 atom stereocenters. The molecule has 6 aromatic rings. The molecule has 69 heavy (non-hydrogen) atoms. The Morgan fingerprint density at radius 1 is 0.551 bits per heavy atom. The SMILES string of the molecule is CC(C)(C)C1CCC(Oc2ccc3cc(C=O)ccc3c2)CC1.CC(C)(C)C1CCC(Oc2ccc3cc(CN4CCN(c5ccncn5)CC4)ccc3c2)CC1.c1cc(N2CCNCC2)ncn1. The van der Waals surface area contributed by atoms with E-state index in [0.717, 1.165) is 124 Å². The van der Waals surface area contributed by atoms with Gasteiger partial charge in [-0.15, -0.1) is 0 Å². The van der Waals surface area contributed by atoms with Crippen LogP contribution in [0.4, 0.5) is 11.6 Å². The normalized spacial score (nSPS) is 21.4. The van der Waals surface area contributed by atoms with Gasteiger partial charge in [-0.2, -0.15) is 0 Å². The van der Waals surface area contributed by atoms with Crippen LogP contribution in [0, 0.1) is 22.7 Å². The highest BCUT2D eigenvalue weighted by Crippen LogP contribution is 2.40. The summed E-state index contributed by atoms with van der Waals surface area (Å²) in [5, 5.41) is 8.06. The zero-order chi connectivity index (χ0) is 48.2. The summed E-state index contributed by atoms with van der Waals surface area (Å²) in [7, 11) is 0. The Hall–Kier alpha value is -5.65. The molecule has 11 nitrogen and oxygen atoms in total. The van der Waals surface area contributed by atoms with Crippen LogP contribution in [0.5, 0.6) is 11.5 Å². The molecule has 4 aliphatic rings. The minimum Gasteiger partial charge on any atom is -0.490 e. The lowest BCUT2D eigenvalue weighted by Gasteiger charge is -2.37. The van der Waals surface area contributed by atoms with Gasteiger partial charge in [-0.1, -0.05) is 77.9 Å². The maximum absolute atomic E-state index is 10.9. The third-order valence-electron chi connectivity index (χ3n) is 14.9. The first-order chi connectivity index (χ1) is 33.4. The molecule has 4 aromatic carbocycles. The summed E-state index contributed by atoms with van der Waals surface area (Å²) in [5.41, 5.74) is 2.91. The van der Waals surface area contributed by atoms with Gasteiger partial charge in [0.2, 0.25) is 0 Å². The lowest BCUT2D eigenvalue weighted by Crippen LogP contribution is -2.46. The van der Waals surface area contributed by atoms with Crippen molar-refractivity contribution in [3.05, 3.63) is 121 Å². The first kappa shape index (κ1) is 49.8. The largest absolute Gasteiger partial charge is 0.490 e. The smallest absolute Gasteiger partial charge is 0.150 e. The number of rotatable bonds is 9. The van der Waals surface area contributed by atoms with Crippen LogP contribution in [0.3, 0.4) is 0 Å². The van der Waals surface area contributed by atoms with E-state index in [2.05, 4.69) is 124 Å². The Kier molecular flexibility index (Phi) is 16.8. The van der Waals surface area contributed by atoms with E-state index in [9.17, 15) is 4.79 Å². The molecular weight excluding hydrogens is 857 g/mol. The number of carbonyl (C=O) groups is 1. The van der Waals surface area contributed by atoms with Crippen molar-refractivity contribution in [3.8, 4) is 11.5 Å². The van der Waals surface area contributed by atoms with Gasteiger partial charge in [-0.05, 0) is 150 Å². The summed E-state index contributed by atoms with van der Waals surface area (Å²) < 4.78 is 12.6. The van der Waals surface area contributed by atoms with E-state index in [1.807, 2.05) is 48.7 Å². The highest BCUT2D eigenvalue weighted by Gasteiger charge is 2.32. The fraction of sp³-hybridized carbons (Fsp3) is 0.500. The molecule has 2 saturated carbocycles. The molecule has 1 N–H and O–H groups in total. The summed E-state index contributed by atoms with van der Waals surface area (Å²) >= 11 is 0. The van der Waals surface area contributed by atoms with E-state index in [4.69, 9.17) is 9.47 Å². The van der Waals surface area contributed by atoms with Crippen molar-refractivity contribution in [2.75, 3.05) is 62.2 Å². The van der Waals surface area contributed by atoms with Crippen molar-refractivity contribution in [2.24, 2.45) is 22.7 Å². The average molecular weight is 933 g/mol. The van der Waals surface area contributed by atoms with Gasteiger partial charge in [0.15, 0.2) is 0 Å². The second kappa shape index (κ2) is 23.3. The van der Waals surface area contributed by atoms with Crippen LogP contribution in [0.15, 0.2) is 110 Å². The molecule has 0 amide bonds. The van der Waals surface area contributed by atoms with Crippen molar-refractivity contribution in [1.82, 2.24) is 30.2 Å². The lowest BCUT2D eigenvalue weighted by molar-refractivity contribution is 0.0881. The zero-order valence-corrected chi connectivity index (χ0v) is 42.2. The molecule has 10 rings (SSSR count). The number of piperazine rings is 2. The highest BCUT2D eigenvalue weighted by molar-refractivity contribution is 5.89. The summed E-state index contributed by atoms with van der Waals surface area (Å²) in [6.45, 7) is 23.4. The average Bonchev–Trinajstić information content (AvgIpc) is 3.37. The summed E-state index contributed by atoms with van der Waals surface area (Å²) in [6, 6.07) is 29.3. The van der Waals surface area contributed by atoms with Crippen molar-refractivity contribution < 1.29 is 14.3 Å². The van der Waals surface area contributed by atoms with E-state index in [1.165, 1.54) is 54.9 Å². The predicted molar refractivity (Wildman–Crippen MR) is 282 cm³/mol. The number of ether oxygens (including phenoxy) is 2. The van der Waals surface area contributed by atoms with Gasteiger partial charge < -0.3 is 24.6 Å². The zero-order valence-electron chi connectivity index (χ0n) is 42.2. The van der Waals surface area contributed by atoms with Gasteiger partial charge in [-0.25, -0.2) is 19.9 Å². The van der Waals surface area contributed by atoms with Gasteiger partial charge in [0.1, 0.15) is 42.1 Å².